The molecule has 2 fully saturated rings. The van der Waals surface area contributed by atoms with Gasteiger partial charge in [0.1, 0.15) is 35.7 Å². The molecule has 19 heteroatoms. The number of anilines is 1. The van der Waals surface area contributed by atoms with Gasteiger partial charge >= 0.3 is 24.3 Å². The predicted octanol–water partition coefficient (Wildman–Crippen LogP) is 4.10. The number of nitrogens with zero attached hydrogens (tertiary/aromatic N) is 1. The number of hydrogen-bond donors (Lipinski definition) is 5. The Balaban J connectivity index is 0.000000440. The summed E-state index contributed by atoms with van der Waals surface area (Å²) in [5, 5.41) is 31.3. The molecule has 2 aromatic carbocycles. The van der Waals surface area contributed by atoms with Crippen LogP contribution in [0.15, 0.2) is 48.5 Å². The number of carbonyl (C=O) groups excluding carboxylic acids is 1. The minimum absolute atomic E-state index is 0.0855. The summed E-state index contributed by atoms with van der Waals surface area (Å²) < 4.78 is 75.3. The first-order chi connectivity index (χ1) is 21.5. The Morgan fingerprint density at radius 2 is 1.61 bits per heavy atom. The number of aliphatic carboxylic acids is 2. The molecule has 5 N–H and O–H groups in total. The molecule has 1 amide bonds. The molecule has 0 saturated carbocycles. The number of β-amino-alcohol motifs (C(OH)–C–C–N with tert-alkyl or cyclic N) is 1. The molecule has 46 heavy (non-hydrogen) atoms. The molecule has 0 aromatic heterocycles. The lowest BCUT2D eigenvalue weighted by Crippen LogP contribution is -2.35. The summed E-state index contributed by atoms with van der Waals surface area (Å²) >= 11 is 7.51. The molecule has 2 aliphatic rings. The van der Waals surface area contributed by atoms with Gasteiger partial charge in [-0.2, -0.15) is 26.3 Å². The smallest absolute Gasteiger partial charge is 0.489 e. The van der Waals surface area contributed by atoms with Gasteiger partial charge in [0, 0.05) is 37.0 Å². The molecular formula is C27H30ClF6N3O8S. The minimum Gasteiger partial charge on any atom is -0.489 e. The first-order valence-electron chi connectivity index (χ1n) is 13.3. The highest BCUT2D eigenvalue weighted by molar-refractivity contribution is 8.00. The molecule has 0 aliphatic carbocycles. The van der Waals surface area contributed by atoms with Crippen molar-refractivity contribution in [3.63, 3.8) is 0 Å². The van der Waals surface area contributed by atoms with Crippen LogP contribution in [0.2, 0.25) is 5.02 Å². The van der Waals surface area contributed by atoms with Gasteiger partial charge in [-0.3, -0.25) is 15.0 Å². The molecule has 2 saturated heterocycles. The van der Waals surface area contributed by atoms with Gasteiger partial charge in [-0.15, -0.1) is 11.8 Å². The van der Waals surface area contributed by atoms with Crippen LogP contribution >= 0.6 is 23.4 Å². The lowest BCUT2D eigenvalue weighted by Gasteiger charge is -2.21. The van der Waals surface area contributed by atoms with E-state index in [4.69, 9.17) is 40.9 Å². The average Bonchev–Trinajstić information content (AvgIpc) is 3.66. The average molecular weight is 706 g/mol. The highest BCUT2D eigenvalue weighted by atomic mass is 35.5. The summed E-state index contributed by atoms with van der Waals surface area (Å²) in [5.41, 5.74) is 0.608. The number of nitrogens with one attached hydrogen (secondary N) is 2. The quantitative estimate of drug-likeness (QED) is 0.239. The number of ether oxygens (including phenoxy) is 2. The van der Waals surface area contributed by atoms with Crippen LogP contribution in [0, 0.1) is 0 Å². The van der Waals surface area contributed by atoms with Gasteiger partial charge in [-0.05, 0) is 42.8 Å². The number of alkyl halides is 6. The largest absolute Gasteiger partial charge is 0.490 e. The van der Waals surface area contributed by atoms with E-state index in [0.717, 1.165) is 37.6 Å². The van der Waals surface area contributed by atoms with Gasteiger partial charge < -0.3 is 30.1 Å². The Morgan fingerprint density at radius 3 is 2.15 bits per heavy atom. The van der Waals surface area contributed by atoms with Crippen LogP contribution in [0.3, 0.4) is 0 Å². The van der Waals surface area contributed by atoms with E-state index in [1.54, 1.807) is 23.9 Å². The number of para-hydroxylation sites is 2. The second-order valence-corrected chi connectivity index (χ2v) is 11.2. The summed E-state index contributed by atoms with van der Waals surface area (Å²) in [7, 11) is 0. The summed E-state index contributed by atoms with van der Waals surface area (Å²) in [6, 6.07) is 14.7. The Labute approximate surface area is 267 Å². The van der Waals surface area contributed by atoms with Crippen LogP contribution in [0.1, 0.15) is 6.42 Å². The second-order valence-electron chi connectivity index (χ2n) is 9.50. The number of thioether (sulfide) groups is 1. The molecule has 2 heterocycles. The number of rotatable bonds is 9. The number of amides is 1. The van der Waals surface area contributed by atoms with Gasteiger partial charge in [-0.25, -0.2) is 9.59 Å². The van der Waals surface area contributed by atoms with Crippen LogP contribution in [0.25, 0.3) is 0 Å². The van der Waals surface area contributed by atoms with Crippen LogP contribution in [-0.2, 0) is 14.4 Å². The van der Waals surface area contributed by atoms with Crippen molar-refractivity contribution in [1.29, 1.82) is 0 Å². The molecular weight excluding hydrogens is 676 g/mol. The maximum Gasteiger partial charge on any atom is 0.490 e. The topological polar surface area (TPSA) is 158 Å². The molecule has 11 nitrogen and oxygen atoms in total. The first-order valence-corrected chi connectivity index (χ1v) is 14.7. The third-order valence-corrected chi connectivity index (χ3v) is 7.24. The van der Waals surface area contributed by atoms with Crippen LogP contribution in [-0.4, -0.2) is 107 Å². The molecule has 0 spiro atoms. The van der Waals surface area contributed by atoms with E-state index in [9.17, 15) is 36.2 Å². The van der Waals surface area contributed by atoms with Crippen LogP contribution in [0.5, 0.6) is 11.5 Å². The Morgan fingerprint density at radius 1 is 1.02 bits per heavy atom. The predicted molar refractivity (Wildman–Crippen MR) is 155 cm³/mol. The van der Waals surface area contributed by atoms with Crippen molar-refractivity contribution in [2.45, 2.75) is 36.4 Å². The van der Waals surface area contributed by atoms with Gasteiger partial charge in [0.25, 0.3) is 5.91 Å². The summed E-state index contributed by atoms with van der Waals surface area (Å²) in [6.45, 7) is 3.07. The van der Waals surface area contributed by atoms with Crippen LogP contribution in [0.4, 0.5) is 32.0 Å². The Bertz CT molecular complexity index is 1260. The molecule has 256 valence electrons. The molecule has 0 radical (unpaired) electrons. The van der Waals surface area contributed by atoms with Gasteiger partial charge in [0.05, 0.1) is 5.69 Å². The molecule has 3 unspecified atom stereocenters. The van der Waals surface area contributed by atoms with Gasteiger partial charge in [0.15, 0.2) is 0 Å². The van der Waals surface area contributed by atoms with Crippen LogP contribution < -0.4 is 20.1 Å². The second kappa shape index (κ2) is 18.0. The van der Waals surface area contributed by atoms with Gasteiger partial charge in [-0.1, -0.05) is 23.7 Å². The van der Waals surface area contributed by atoms with Crippen molar-refractivity contribution < 1.29 is 65.5 Å². The maximum atomic E-state index is 12.4. The highest BCUT2D eigenvalue weighted by Crippen LogP contribution is 2.26. The normalized spacial score (nSPS) is 18.7. The fraction of sp³-hybridized carbons (Fsp3) is 0.444. The number of likely N-dealkylation sites (tertiary alicyclic amines) is 1. The van der Waals surface area contributed by atoms with Crippen molar-refractivity contribution >= 4 is 46.9 Å². The summed E-state index contributed by atoms with van der Waals surface area (Å²) in [5.74, 6) is -3.33. The zero-order valence-corrected chi connectivity index (χ0v) is 25.3. The van der Waals surface area contributed by atoms with Crippen molar-refractivity contribution in [3.8, 4) is 11.5 Å². The number of hydrogen-bond acceptors (Lipinski definition) is 9. The van der Waals surface area contributed by atoms with Crippen molar-refractivity contribution in [3.05, 3.63) is 53.6 Å². The Hall–Kier alpha value is -3.45. The first kappa shape index (κ1) is 38.7. The van der Waals surface area contributed by atoms with E-state index >= 15 is 0 Å². The van der Waals surface area contributed by atoms with Crippen molar-refractivity contribution in [1.82, 2.24) is 10.2 Å². The Kier molecular flexibility index (Phi) is 15.2. The van der Waals surface area contributed by atoms with Crippen molar-refractivity contribution in [2.24, 2.45) is 0 Å². The highest BCUT2D eigenvalue weighted by Gasteiger charge is 2.39. The number of aliphatic hydroxyl groups is 1. The van der Waals surface area contributed by atoms with E-state index in [1.807, 2.05) is 36.4 Å². The SMILES string of the molecule is O=C(Nc1ccccc1OCC(O)CN1CCC(Oc2ccc(Cl)cc2)C1)C1NCCS1.O=C(O)C(F)(F)F.O=C(O)C(F)(F)F. The zero-order chi connectivity index (χ0) is 34.5. The number of carboxylic acid groups (broad SMARTS) is 2. The number of benzene rings is 2. The number of carboxylic acids is 2. The van der Waals surface area contributed by atoms with E-state index in [-0.39, 0.29) is 24.0 Å². The van der Waals surface area contributed by atoms with Gasteiger partial charge in [0.2, 0.25) is 0 Å². The third kappa shape index (κ3) is 14.3. The number of carbonyl (C=O) groups is 3. The molecule has 2 aliphatic heterocycles. The van der Waals surface area contributed by atoms with E-state index in [1.165, 1.54) is 0 Å². The lowest BCUT2D eigenvalue weighted by molar-refractivity contribution is -0.193. The molecule has 4 rings (SSSR count). The fourth-order valence-corrected chi connectivity index (χ4v) is 4.83. The monoisotopic (exact) mass is 705 g/mol. The fourth-order valence-electron chi connectivity index (χ4n) is 3.79. The van der Waals surface area contributed by atoms with Crippen molar-refractivity contribution in [2.75, 3.05) is 43.9 Å². The van der Waals surface area contributed by atoms with E-state index in [2.05, 4.69) is 15.5 Å². The minimum atomic E-state index is -5.08. The zero-order valence-electron chi connectivity index (χ0n) is 23.7. The number of aliphatic hydroxyl groups excluding tert-OH is 1. The molecule has 2 aromatic rings. The van der Waals surface area contributed by atoms with E-state index < -0.39 is 30.4 Å². The molecule has 3 atom stereocenters. The lowest BCUT2D eigenvalue weighted by atomic mass is 10.3. The summed E-state index contributed by atoms with van der Waals surface area (Å²) in [4.78, 5) is 32.4. The third-order valence-electron chi connectivity index (χ3n) is 5.83. The summed E-state index contributed by atoms with van der Waals surface area (Å²) in [6.07, 6.45) is -9.83. The maximum absolute atomic E-state index is 12.4. The standard InChI is InChI=1S/C23H28ClN3O4S.2C2HF3O2/c24-16-5-7-18(8-6-16)31-19-9-11-27(14-19)13-17(28)15-30-21-4-2-1-3-20(21)26-22(29)23-25-10-12-32-23;2*3-2(4,5)1(6)7/h1-8,17,19,23,25,28H,9-15H2,(H,26,29);2*(H,6,7). The number of halogens is 7. The van der Waals surface area contributed by atoms with E-state index in [0.29, 0.717) is 23.0 Å². The molecule has 0 bridgehead atoms.